The second-order valence-electron chi connectivity index (χ2n) is 6.00. The van der Waals surface area contributed by atoms with Gasteiger partial charge < -0.3 is 19.7 Å². The van der Waals surface area contributed by atoms with Gasteiger partial charge in [-0.2, -0.15) is 0 Å². The Balaban J connectivity index is 1.74. The fraction of sp³-hybridized carbons (Fsp3) is 0.588. The highest BCUT2D eigenvalue weighted by Crippen LogP contribution is 2.17. The molecule has 0 radical (unpaired) electrons. The molecule has 5 nitrogen and oxygen atoms in total. The Hall–Kier alpha value is -1.59. The molecule has 0 aromatic heterocycles. The van der Waals surface area contributed by atoms with Gasteiger partial charge in [0.2, 0.25) is 0 Å². The molecule has 0 spiro atoms. The molecule has 2 rings (SSSR count). The summed E-state index contributed by atoms with van der Waals surface area (Å²) in [7, 11) is 1.67. The molecule has 22 heavy (non-hydrogen) atoms. The summed E-state index contributed by atoms with van der Waals surface area (Å²) in [6, 6.07) is 7.91. The Labute approximate surface area is 132 Å². The lowest BCUT2D eigenvalue weighted by atomic mass is 10.1. The van der Waals surface area contributed by atoms with Crippen LogP contribution in [0.4, 0.5) is 0 Å². The molecule has 1 amide bonds. The van der Waals surface area contributed by atoms with Crippen LogP contribution in [0.25, 0.3) is 0 Å². The van der Waals surface area contributed by atoms with Crippen LogP contribution in [-0.4, -0.2) is 51.4 Å². The number of hydrogen-bond acceptors (Lipinski definition) is 3. The summed E-state index contributed by atoms with van der Waals surface area (Å²) in [5.41, 5.74) is 1.12. The van der Waals surface area contributed by atoms with Gasteiger partial charge in [0.1, 0.15) is 31.0 Å². The number of methoxy groups -OCH3 is 1. The predicted molar refractivity (Wildman–Crippen MR) is 85.3 cm³/mol. The SMILES string of the molecule is COc1ccccc1CCNC(=O)C[NH+]1C[C@@H](C)O[C@@H](C)C1. The van der Waals surface area contributed by atoms with E-state index in [2.05, 4.69) is 19.2 Å². The van der Waals surface area contributed by atoms with Gasteiger partial charge in [-0.05, 0) is 31.9 Å². The highest BCUT2D eigenvalue weighted by Gasteiger charge is 2.26. The number of rotatable bonds is 6. The van der Waals surface area contributed by atoms with Gasteiger partial charge in [-0.25, -0.2) is 0 Å². The number of ether oxygens (including phenoxy) is 2. The predicted octanol–water partition coefficient (Wildman–Crippen LogP) is 0.0460. The van der Waals surface area contributed by atoms with Crippen LogP contribution < -0.4 is 15.0 Å². The Morgan fingerprint density at radius 2 is 2.00 bits per heavy atom. The summed E-state index contributed by atoms with van der Waals surface area (Å²) >= 11 is 0. The maximum absolute atomic E-state index is 12.1. The van der Waals surface area contributed by atoms with Crippen molar-refractivity contribution in [2.75, 3.05) is 33.3 Å². The van der Waals surface area contributed by atoms with Crippen molar-refractivity contribution in [2.24, 2.45) is 0 Å². The van der Waals surface area contributed by atoms with Gasteiger partial charge in [0.05, 0.1) is 7.11 Å². The van der Waals surface area contributed by atoms with Crippen LogP contribution in [0.1, 0.15) is 19.4 Å². The van der Waals surface area contributed by atoms with Crippen LogP contribution in [0.15, 0.2) is 24.3 Å². The topological polar surface area (TPSA) is 52.0 Å². The highest BCUT2D eigenvalue weighted by molar-refractivity contribution is 5.76. The van der Waals surface area contributed by atoms with Gasteiger partial charge in [-0.1, -0.05) is 18.2 Å². The van der Waals surface area contributed by atoms with E-state index in [0.717, 1.165) is 30.8 Å². The molecule has 1 heterocycles. The van der Waals surface area contributed by atoms with E-state index < -0.39 is 0 Å². The van der Waals surface area contributed by atoms with Crippen molar-refractivity contribution in [3.05, 3.63) is 29.8 Å². The molecule has 1 aromatic carbocycles. The number of morpholine rings is 1. The maximum atomic E-state index is 12.1. The molecule has 1 aliphatic heterocycles. The highest BCUT2D eigenvalue weighted by atomic mass is 16.5. The number of benzene rings is 1. The van der Waals surface area contributed by atoms with Crippen LogP contribution in [0, 0.1) is 0 Å². The molecule has 1 saturated heterocycles. The fourth-order valence-corrected chi connectivity index (χ4v) is 3.07. The first-order chi connectivity index (χ1) is 10.6. The van der Waals surface area contributed by atoms with Crippen molar-refractivity contribution in [3.63, 3.8) is 0 Å². The van der Waals surface area contributed by atoms with E-state index in [4.69, 9.17) is 9.47 Å². The van der Waals surface area contributed by atoms with E-state index in [9.17, 15) is 4.79 Å². The monoisotopic (exact) mass is 307 g/mol. The van der Waals surface area contributed by atoms with Crippen LogP contribution in [0.3, 0.4) is 0 Å². The fourth-order valence-electron chi connectivity index (χ4n) is 3.07. The molecule has 3 atom stereocenters. The van der Waals surface area contributed by atoms with Crippen molar-refractivity contribution in [1.82, 2.24) is 5.32 Å². The minimum Gasteiger partial charge on any atom is -0.496 e. The lowest BCUT2D eigenvalue weighted by Crippen LogP contribution is -3.16. The zero-order chi connectivity index (χ0) is 15.9. The molecular weight excluding hydrogens is 280 g/mol. The Morgan fingerprint density at radius 3 is 2.68 bits per heavy atom. The first-order valence-corrected chi connectivity index (χ1v) is 7.96. The zero-order valence-corrected chi connectivity index (χ0v) is 13.7. The largest absolute Gasteiger partial charge is 0.496 e. The number of carbonyl (C=O) groups excluding carboxylic acids is 1. The average Bonchev–Trinajstić information content (AvgIpc) is 2.46. The third kappa shape index (κ3) is 5.00. The summed E-state index contributed by atoms with van der Waals surface area (Å²) < 4.78 is 11.0. The number of hydrogen-bond donors (Lipinski definition) is 2. The first-order valence-electron chi connectivity index (χ1n) is 7.96. The molecule has 0 saturated carbocycles. The van der Waals surface area contributed by atoms with Crippen LogP contribution in [0.2, 0.25) is 0 Å². The number of carbonyl (C=O) groups is 1. The summed E-state index contributed by atoms with van der Waals surface area (Å²) in [6.45, 7) is 7.07. The third-order valence-electron chi connectivity index (χ3n) is 3.94. The second kappa shape index (κ2) is 8.15. The molecule has 1 unspecified atom stereocenters. The van der Waals surface area contributed by atoms with E-state index >= 15 is 0 Å². The lowest BCUT2D eigenvalue weighted by Gasteiger charge is -2.31. The molecule has 2 N–H and O–H groups in total. The molecule has 0 bridgehead atoms. The number of quaternary nitrogens is 1. The van der Waals surface area contributed by atoms with Gasteiger partial charge in [-0.15, -0.1) is 0 Å². The molecular formula is C17H27N2O3+. The summed E-state index contributed by atoms with van der Waals surface area (Å²) in [5, 5.41) is 3.00. The van der Waals surface area contributed by atoms with E-state index in [1.54, 1.807) is 7.11 Å². The van der Waals surface area contributed by atoms with E-state index in [-0.39, 0.29) is 18.1 Å². The Bertz CT molecular complexity index is 483. The minimum absolute atomic E-state index is 0.103. The van der Waals surface area contributed by atoms with Crippen LogP contribution in [0.5, 0.6) is 5.75 Å². The lowest BCUT2D eigenvalue weighted by molar-refractivity contribution is -0.907. The quantitative estimate of drug-likeness (QED) is 0.781. The third-order valence-corrected chi connectivity index (χ3v) is 3.94. The Kier molecular flexibility index (Phi) is 6.21. The van der Waals surface area contributed by atoms with Crippen molar-refractivity contribution in [3.8, 4) is 5.75 Å². The number of para-hydroxylation sites is 1. The Morgan fingerprint density at radius 1 is 1.32 bits per heavy atom. The normalized spacial score (nSPS) is 24.8. The van der Waals surface area contributed by atoms with Crippen molar-refractivity contribution < 1.29 is 19.2 Å². The zero-order valence-electron chi connectivity index (χ0n) is 13.7. The molecule has 5 heteroatoms. The molecule has 122 valence electrons. The second-order valence-corrected chi connectivity index (χ2v) is 6.00. The number of amides is 1. The smallest absolute Gasteiger partial charge is 0.275 e. The van der Waals surface area contributed by atoms with Gasteiger partial charge in [0.25, 0.3) is 5.91 Å². The minimum atomic E-state index is 0.103. The molecule has 1 fully saturated rings. The van der Waals surface area contributed by atoms with Gasteiger partial charge in [-0.3, -0.25) is 4.79 Å². The van der Waals surface area contributed by atoms with Crippen molar-refractivity contribution in [1.29, 1.82) is 0 Å². The molecule has 1 aliphatic rings. The summed E-state index contributed by atoms with van der Waals surface area (Å²) in [4.78, 5) is 13.4. The van der Waals surface area contributed by atoms with Gasteiger partial charge in [0, 0.05) is 6.54 Å². The van der Waals surface area contributed by atoms with Crippen molar-refractivity contribution in [2.45, 2.75) is 32.5 Å². The summed E-state index contributed by atoms with van der Waals surface area (Å²) in [5.74, 6) is 0.976. The van der Waals surface area contributed by atoms with Crippen LogP contribution in [-0.2, 0) is 16.0 Å². The van der Waals surface area contributed by atoms with E-state index in [1.807, 2.05) is 24.3 Å². The molecule has 0 aliphatic carbocycles. The number of nitrogens with one attached hydrogen (secondary N) is 2. The first kappa shape index (κ1) is 16.8. The van der Waals surface area contributed by atoms with Crippen LogP contribution >= 0.6 is 0 Å². The average molecular weight is 307 g/mol. The molecule has 1 aromatic rings. The van der Waals surface area contributed by atoms with E-state index in [0.29, 0.717) is 13.1 Å². The van der Waals surface area contributed by atoms with E-state index in [1.165, 1.54) is 4.90 Å². The standard InChI is InChI=1S/C17H26N2O3/c1-13-10-19(11-14(2)22-13)12-17(20)18-9-8-15-6-4-5-7-16(15)21-3/h4-7,13-14H,8-12H2,1-3H3,(H,18,20)/p+1/t13-,14+. The maximum Gasteiger partial charge on any atom is 0.275 e. The van der Waals surface area contributed by atoms with Crippen molar-refractivity contribution >= 4 is 5.91 Å². The summed E-state index contributed by atoms with van der Waals surface area (Å²) in [6.07, 6.45) is 1.22. The van der Waals surface area contributed by atoms with Gasteiger partial charge in [0.15, 0.2) is 6.54 Å². The van der Waals surface area contributed by atoms with Gasteiger partial charge >= 0.3 is 0 Å².